The van der Waals surface area contributed by atoms with Crippen molar-refractivity contribution in [3.8, 4) is 5.75 Å². The SMILES string of the molecule is CCN=C1C(=Nc2cc(C)c(O)cc2N)C(=O)N(CC)N1CC. The minimum atomic E-state index is -0.188. The van der Waals surface area contributed by atoms with Gasteiger partial charge in [-0.25, -0.2) is 10.0 Å². The van der Waals surface area contributed by atoms with Crippen molar-refractivity contribution in [2.75, 3.05) is 25.4 Å². The van der Waals surface area contributed by atoms with Gasteiger partial charge in [0, 0.05) is 25.7 Å². The quantitative estimate of drug-likeness (QED) is 0.829. The van der Waals surface area contributed by atoms with Gasteiger partial charge in [-0.3, -0.25) is 14.8 Å². The number of amides is 1. The molecule has 1 heterocycles. The lowest BCUT2D eigenvalue weighted by atomic mass is 10.1. The molecule has 7 heteroatoms. The summed E-state index contributed by atoms with van der Waals surface area (Å²) in [6, 6.07) is 3.11. The molecule has 1 aromatic carbocycles. The predicted molar refractivity (Wildman–Crippen MR) is 92.1 cm³/mol. The molecule has 3 N–H and O–H groups in total. The van der Waals surface area contributed by atoms with Crippen molar-refractivity contribution in [3.05, 3.63) is 17.7 Å². The Labute approximate surface area is 136 Å². The third-order valence-electron chi connectivity index (χ3n) is 3.67. The Hall–Kier alpha value is -2.57. The molecule has 0 radical (unpaired) electrons. The lowest BCUT2D eigenvalue weighted by molar-refractivity contribution is -0.131. The molecule has 7 nitrogen and oxygen atoms in total. The van der Waals surface area contributed by atoms with Gasteiger partial charge < -0.3 is 10.8 Å². The first kappa shape index (κ1) is 16.8. The number of carbonyl (C=O) groups is 1. The highest BCUT2D eigenvalue weighted by Gasteiger charge is 2.38. The molecule has 0 spiro atoms. The normalized spacial score (nSPS) is 18.5. The number of nitrogens with zero attached hydrogens (tertiary/aromatic N) is 4. The van der Waals surface area contributed by atoms with Crippen molar-refractivity contribution in [1.29, 1.82) is 0 Å². The van der Waals surface area contributed by atoms with Crippen molar-refractivity contribution in [2.24, 2.45) is 9.98 Å². The number of nitrogens with two attached hydrogens (primary N) is 1. The molecule has 23 heavy (non-hydrogen) atoms. The number of aliphatic imine (C=N–C) groups is 2. The molecule has 0 atom stereocenters. The van der Waals surface area contributed by atoms with E-state index in [4.69, 9.17) is 5.73 Å². The van der Waals surface area contributed by atoms with E-state index in [0.29, 0.717) is 42.4 Å². The maximum absolute atomic E-state index is 12.6. The molecule has 1 fully saturated rings. The van der Waals surface area contributed by atoms with Gasteiger partial charge in [-0.2, -0.15) is 0 Å². The fraction of sp³-hybridized carbons (Fsp3) is 0.438. The van der Waals surface area contributed by atoms with Gasteiger partial charge >= 0.3 is 0 Å². The van der Waals surface area contributed by atoms with Crippen LogP contribution in [-0.4, -0.2) is 52.2 Å². The van der Waals surface area contributed by atoms with E-state index in [1.54, 1.807) is 18.0 Å². The Morgan fingerprint density at radius 3 is 2.39 bits per heavy atom. The Morgan fingerprint density at radius 2 is 1.83 bits per heavy atom. The van der Waals surface area contributed by atoms with E-state index in [0.717, 1.165) is 0 Å². The van der Waals surface area contributed by atoms with Crippen LogP contribution in [0.25, 0.3) is 0 Å². The third kappa shape index (κ3) is 2.99. The topological polar surface area (TPSA) is 94.5 Å². The van der Waals surface area contributed by atoms with Crippen molar-refractivity contribution in [3.63, 3.8) is 0 Å². The summed E-state index contributed by atoms with van der Waals surface area (Å²) < 4.78 is 0. The first-order valence-corrected chi connectivity index (χ1v) is 7.76. The van der Waals surface area contributed by atoms with Gasteiger partial charge in [0.05, 0.1) is 11.4 Å². The number of anilines is 1. The first-order chi connectivity index (χ1) is 10.9. The van der Waals surface area contributed by atoms with Crippen LogP contribution in [-0.2, 0) is 4.79 Å². The number of aromatic hydroxyl groups is 1. The summed E-state index contributed by atoms with van der Waals surface area (Å²) in [6.45, 7) is 9.26. The van der Waals surface area contributed by atoms with Crippen LogP contribution in [0.15, 0.2) is 22.1 Å². The summed E-state index contributed by atoms with van der Waals surface area (Å²) in [5.41, 5.74) is 7.64. The minimum absolute atomic E-state index is 0.108. The summed E-state index contributed by atoms with van der Waals surface area (Å²) >= 11 is 0. The van der Waals surface area contributed by atoms with Gasteiger partial charge in [-0.15, -0.1) is 0 Å². The molecule has 0 unspecified atom stereocenters. The molecule has 1 aliphatic heterocycles. The van der Waals surface area contributed by atoms with E-state index >= 15 is 0 Å². The van der Waals surface area contributed by atoms with E-state index in [1.165, 1.54) is 6.07 Å². The maximum Gasteiger partial charge on any atom is 0.294 e. The third-order valence-corrected chi connectivity index (χ3v) is 3.67. The van der Waals surface area contributed by atoms with Crippen LogP contribution in [0.5, 0.6) is 5.75 Å². The number of phenols is 1. The van der Waals surface area contributed by atoms with Gasteiger partial charge in [0.2, 0.25) is 0 Å². The van der Waals surface area contributed by atoms with Crippen LogP contribution in [0.3, 0.4) is 0 Å². The standard InChI is InChI=1S/C16H23N5O2/c1-5-18-15-14(16(23)21(7-3)20(15)6-2)19-12-8-10(4)13(22)9-11(12)17/h8-9,22H,5-7,17H2,1-4H3. The zero-order valence-electron chi connectivity index (χ0n) is 14.0. The van der Waals surface area contributed by atoms with Crippen LogP contribution in [0.4, 0.5) is 11.4 Å². The molecule has 2 rings (SSSR count). The van der Waals surface area contributed by atoms with Crippen LogP contribution >= 0.6 is 0 Å². The fourth-order valence-corrected chi connectivity index (χ4v) is 2.52. The zero-order chi connectivity index (χ0) is 17.1. The summed E-state index contributed by atoms with van der Waals surface area (Å²) in [5, 5.41) is 13.1. The summed E-state index contributed by atoms with van der Waals surface area (Å²) in [5.74, 6) is 0.482. The maximum atomic E-state index is 12.6. The van der Waals surface area contributed by atoms with Crippen LogP contribution < -0.4 is 5.73 Å². The number of nitrogen functional groups attached to an aromatic ring is 1. The average molecular weight is 317 g/mol. The van der Waals surface area contributed by atoms with E-state index in [1.807, 2.05) is 25.8 Å². The van der Waals surface area contributed by atoms with E-state index in [9.17, 15) is 9.90 Å². The molecule has 0 saturated carbocycles. The molecule has 1 aromatic rings. The predicted octanol–water partition coefficient (Wildman–Crippen LogP) is 1.87. The van der Waals surface area contributed by atoms with Crippen LogP contribution in [0.1, 0.15) is 26.3 Å². The van der Waals surface area contributed by atoms with E-state index in [2.05, 4.69) is 9.98 Å². The molecule has 124 valence electrons. The molecule has 1 amide bonds. The van der Waals surface area contributed by atoms with Gasteiger partial charge in [0.1, 0.15) is 5.75 Å². The van der Waals surface area contributed by atoms with Gasteiger partial charge in [0.15, 0.2) is 11.5 Å². The largest absolute Gasteiger partial charge is 0.508 e. The monoisotopic (exact) mass is 317 g/mol. The Balaban J connectivity index is 2.57. The minimum Gasteiger partial charge on any atom is -0.508 e. The van der Waals surface area contributed by atoms with Crippen LogP contribution in [0, 0.1) is 6.92 Å². The molecule has 0 bridgehead atoms. The number of hydrazine groups is 1. The van der Waals surface area contributed by atoms with Crippen molar-refractivity contribution < 1.29 is 9.90 Å². The van der Waals surface area contributed by atoms with Crippen molar-refractivity contribution in [1.82, 2.24) is 10.0 Å². The Bertz CT molecular complexity index is 681. The summed E-state index contributed by atoms with van der Waals surface area (Å²) in [4.78, 5) is 21.5. The second kappa shape index (κ2) is 6.68. The number of hydrogen-bond acceptors (Lipinski definition) is 5. The molecular weight excluding hydrogens is 294 g/mol. The summed E-state index contributed by atoms with van der Waals surface area (Å²) in [6.07, 6.45) is 0. The lowest BCUT2D eigenvalue weighted by Crippen LogP contribution is -2.40. The number of phenolic OH excluding ortho intramolecular Hbond substituents is 1. The number of amidine groups is 1. The van der Waals surface area contributed by atoms with Gasteiger partial charge in [-0.1, -0.05) is 0 Å². The fourth-order valence-electron chi connectivity index (χ4n) is 2.52. The van der Waals surface area contributed by atoms with Crippen molar-refractivity contribution >= 4 is 28.8 Å². The second-order valence-electron chi connectivity index (χ2n) is 5.19. The van der Waals surface area contributed by atoms with E-state index in [-0.39, 0.29) is 17.4 Å². The first-order valence-electron chi connectivity index (χ1n) is 7.76. The highest BCUT2D eigenvalue weighted by atomic mass is 16.3. The van der Waals surface area contributed by atoms with Crippen molar-refractivity contribution in [2.45, 2.75) is 27.7 Å². The highest BCUT2D eigenvalue weighted by molar-refractivity contribution is 6.69. The smallest absolute Gasteiger partial charge is 0.294 e. The van der Waals surface area contributed by atoms with Gasteiger partial charge in [-0.05, 0) is 39.3 Å². The molecule has 1 saturated heterocycles. The molecular formula is C16H23N5O2. The van der Waals surface area contributed by atoms with Gasteiger partial charge in [0.25, 0.3) is 5.91 Å². The number of benzene rings is 1. The van der Waals surface area contributed by atoms with E-state index < -0.39 is 0 Å². The highest BCUT2D eigenvalue weighted by Crippen LogP contribution is 2.31. The number of aryl methyl sites for hydroxylation is 1. The Kier molecular flexibility index (Phi) is 4.88. The zero-order valence-corrected chi connectivity index (χ0v) is 14.0. The summed E-state index contributed by atoms with van der Waals surface area (Å²) in [7, 11) is 0. The molecule has 1 aliphatic rings. The second-order valence-corrected chi connectivity index (χ2v) is 5.19. The molecule has 0 aliphatic carbocycles. The molecule has 0 aromatic heterocycles. The number of carbonyl (C=O) groups excluding carboxylic acids is 1. The number of hydrogen-bond donors (Lipinski definition) is 2. The van der Waals surface area contributed by atoms with Crippen LogP contribution in [0.2, 0.25) is 0 Å². The number of rotatable bonds is 4. The lowest BCUT2D eigenvalue weighted by Gasteiger charge is -2.26. The average Bonchev–Trinajstić information content (AvgIpc) is 2.77. The Morgan fingerprint density at radius 1 is 1.17 bits per heavy atom.